The van der Waals surface area contributed by atoms with E-state index in [1.165, 1.54) is 25.0 Å². The van der Waals surface area contributed by atoms with Crippen molar-refractivity contribution in [1.82, 2.24) is 35.5 Å². The van der Waals surface area contributed by atoms with Crippen LogP contribution in [0.25, 0.3) is 55.7 Å². The molecule has 0 radical (unpaired) electrons. The van der Waals surface area contributed by atoms with Crippen LogP contribution >= 0.6 is 0 Å². The van der Waals surface area contributed by atoms with Crippen LogP contribution in [0.1, 0.15) is 19.3 Å². The minimum atomic E-state index is -0.296. The third-order valence-electron chi connectivity index (χ3n) is 7.70. The molecule has 0 saturated carbocycles. The van der Waals surface area contributed by atoms with E-state index >= 15 is 0 Å². The molecule has 4 N–H and O–H groups in total. The van der Waals surface area contributed by atoms with Crippen LogP contribution in [0.3, 0.4) is 0 Å². The molecule has 0 aliphatic carbocycles. The first kappa shape index (κ1) is 25.1. The number of halogens is 1. The van der Waals surface area contributed by atoms with Gasteiger partial charge < -0.3 is 15.6 Å². The second-order valence-corrected chi connectivity index (χ2v) is 10.6. The van der Waals surface area contributed by atoms with Gasteiger partial charge in [-0.1, -0.05) is 18.7 Å². The number of aromatic nitrogens is 6. The van der Waals surface area contributed by atoms with Crippen LogP contribution < -0.4 is 10.6 Å². The van der Waals surface area contributed by atoms with Crippen LogP contribution in [0, 0.1) is 11.7 Å². The Morgan fingerprint density at radius 1 is 0.927 bits per heavy atom. The zero-order valence-electron chi connectivity index (χ0n) is 22.4. The number of hydrogen-bond acceptors (Lipinski definition) is 6. The van der Waals surface area contributed by atoms with Crippen molar-refractivity contribution in [2.75, 3.05) is 18.4 Å². The third kappa shape index (κ3) is 5.07. The summed E-state index contributed by atoms with van der Waals surface area (Å²) in [5.41, 5.74) is 8.33. The first-order valence-corrected chi connectivity index (χ1v) is 13.8. The number of nitrogens with one attached hydrogen (secondary N) is 4. The number of allylic oxidation sites excluding steroid dienone is 1. The van der Waals surface area contributed by atoms with Crippen LogP contribution in [0.2, 0.25) is 0 Å². The van der Waals surface area contributed by atoms with E-state index in [-0.39, 0.29) is 5.82 Å². The Morgan fingerprint density at radius 2 is 1.80 bits per heavy atom. The van der Waals surface area contributed by atoms with Gasteiger partial charge in [-0.05, 0) is 74.7 Å². The maximum absolute atomic E-state index is 13.9. The molecule has 1 saturated heterocycles. The van der Waals surface area contributed by atoms with Crippen molar-refractivity contribution in [3.8, 4) is 33.9 Å². The standard InChI is InChI=1S/C32H29FN8/c1-19(11-20-5-8-34-9-6-20)38-24-13-22(16-35-17-24)28-14-26-30(18-37-28)40-41-32(26)29-15-25-27(39-29)7-10-36-31(25)21-3-2-4-23(33)12-21/h2-4,7,10,12-18,20,34,38-39H,1,5-6,8-9,11H2,(H,40,41). The number of rotatable bonds is 7. The van der Waals surface area contributed by atoms with Crippen LogP contribution in [0.4, 0.5) is 10.1 Å². The molecule has 8 nitrogen and oxygen atoms in total. The Labute approximate surface area is 236 Å². The van der Waals surface area contributed by atoms with E-state index in [9.17, 15) is 4.39 Å². The highest BCUT2D eigenvalue weighted by atomic mass is 19.1. The minimum absolute atomic E-state index is 0.296. The summed E-state index contributed by atoms with van der Waals surface area (Å²) in [5.74, 6) is 0.358. The van der Waals surface area contributed by atoms with E-state index in [4.69, 9.17) is 0 Å². The summed E-state index contributed by atoms with van der Waals surface area (Å²) >= 11 is 0. The molecule has 0 atom stereocenters. The zero-order chi connectivity index (χ0) is 27.8. The summed E-state index contributed by atoms with van der Waals surface area (Å²) in [7, 11) is 0. The Bertz CT molecular complexity index is 1880. The molecule has 0 amide bonds. The van der Waals surface area contributed by atoms with Crippen LogP contribution in [0.5, 0.6) is 0 Å². The minimum Gasteiger partial charge on any atom is -0.358 e. The number of nitrogens with zero attached hydrogens (tertiary/aromatic N) is 4. The maximum atomic E-state index is 13.9. The smallest absolute Gasteiger partial charge is 0.123 e. The summed E-state index contributed by atoms with van der Waals surface area (Å²) in [4.78, 5) is 17.2. The average molecular weight is 545 g/mol. The van der Waals surface area contributed by atoms with Gasteiger partial charge in [0.05, 0.1) is 40.7 Å². The Hall–Kier alpha value is -4.89. The highest BCUT2D eigenvalue weighted by molar-refractivity contribution is 6.00. The van der Waals surface area contributed by atoms with Crippen molar-refractivity contribution in [3.63, 3.8) is 0 Å². The number of fused-ring (bicyclic) bond motifs is 2. The summed E-state index contributed by atoms with van der Waals surface area (Å²) in [6.45, 7) is 6.40. The lowest BCUT2D eigenvalue weighted by atomic mass is 9.93. The van der Waals surface area contributed by atoms with Gasteiger partial charge in [-0.2, -0.15) is 5.10 Å². The fourth-order valence-electron chi connectivity index (χ4n) is 5.66. The number of pyridine rings is 3. The molecule has 6 aromatic rings. The summed E-state index contributed by atoms with van der Waals surface area (Å²) in [6.07, 6.45) is 10.4. The molecule has 1 aromatic carbocycles. The number of H-pyrrole nitrogens is 2. The average Bonchev–Trinajstić information content (AvgIpc) is 3.61. The molecule has 0 bridgehead atoms. The zero-order valence-corrected chi connectivity index (χ0v) is 22.4. The van der Waals surface area contributed by atoms with Crippen molar-refractivity contribution in [2.45, 2.75) is 19.3 Å². The van der Waals surface area contributed by atoms with Crippen LogP contribution in [0.15, 0.2) is 85.6 Å². The van der Waals surface area contributed by atoms with E-state index in [1.807, 2.05) is 36.7 Å². The molecule has 5 aromatic heterocycles. The molecular formula is C32H29FN8. The van der Waals surface area contributed by atoms with Crippen molar-refractivity contribution in [2.24, 2.45) is 5.92 Å². The molecule has 41 heavy (non-hydrogen) atoms. The highest BCUT2D eigenvalue weighted by Crippen LogP contribution is 2.34. The summed E-state index contributed by atoms with van der Waals surface area (Å²) in [6, 6.07) is 14.5. The Morgan fingerprint density at radius 3 is 2.68 bits per heavy atom. The van der Waals surface area contributed by atoms with E-state index in [1.54, 1.807) is 18.5 Å². The molecule has 0 spiro atoms. The maximum Gasteiger partial charge on any atom is 0.123 e. The SMILES string of the molecule is C=C(CC1CCNCC1)Nc1cncc(-c2cc3c(-c4cc5c(-c6cccc(F)c6)nccc5[nH]4)n[nH]c3cn2)c1. The van der Waals surface area contributed by atoms with E-state index in [2.05, 4.69) is 53.4 Å². The van der Waals surface area contributed by atoms with E-state index < -0.39 is 0 Å². The van der Waals surface area contributed by atoms with Crippen molar-refractivity contribution >= 4 is 27.5 Å². The predicted molar refractivity (Wildman–Crippen MR) is 161 cm³/mol. The first-order valence-electron chi connectivity index (χ1n) is 13.8. The van der Waals surface area contributed by atoms with Gasteiger partial charge in [0.2, 0.25) is 0 Å². The fraction of sp³-hybridized carbons (Fsp3) is 0.188. The van der Waals surface area contributed by atoms with Gasteiger partial charge in [-0.3, -0.25) is 20.1 Å². The predicted octanol–water partition coefficient (Wildman–Crippen LogP) is 6.68. The largest absolute Gasteiger partial charge is 0.358 e. The van der Waals surface area contributed by atoms with Gasteiger partial charge in [-0.15, -0.1) is 0 Å². The van der Waals surface area contributed by atoms with E-state index in [0.717, 1.165) is 80.9 Å². The molecular weight excluding hydrogens is 515 g/mol. The van der Waals surface area contributed by atoms with Crippen molar-refractivity contribution < 1.29 is 4.39 Å². The number of piperidine rings is 1. The summed E-state index contributed by atoms with van der Waals surface area (Å²) < 4.78 is 13.9. The molecule has 1 fully saturated rings. The molecule has 1 aliphatic heterocycles. The monoisotopic (exact) mass is 544 g/mol. The first-order chi connectivity index (χ1) is 20.1. The second kappa shape index (κ2) is 10.6. The molecule has 0 unspecified atom stereocenters. The quantitative estimate of drug-likeness (QED) is 0.179. The van der Waals surface area contributed by atoms with Gasteiger partial charge in [0.25, 0.3) is 0 Å². The van der Waals surface area contributed by atoms with Crippen molar-refractivity contribution in [3.05, 3.63) is 91.4 Å². The normalized spacial score (nSPS) is 14.1. The topological polar surface area (TPSA) is 107 Å². The van der Waals surface area contributed by atoms with Crippen molar-refractivity contribution in [1.29, 1.82) is 0 Å². The van der Waals surface area contributed by atoms with Gasteiger partial charge >= 0.3 is 0 Å². The lowest BCUT2D eigenvalue weighted by Crippen LogP contribution is -2.28. The van der Waals surface area contributed by atoms with Gasteiger partial charge in [0, 0.05) is 45.5 Å². The molecule has 204 valence electrons. The molecule has 9 heteroatoms. The number of benzene rings is 1. The van der Waals surface area contributed by atoms with Gasteiger partial charge in [-0.25, -0.2) is 4.39 Å². The summed E-state index contributed by atoms with van der Waals surface area (Å²) in [5, 5.41) is 16.4. The second-order valence-electron chi connectivity index (χ2n) is 10.6. The highest BCUT2D eigenvalue weighted by Gasteiger charge is 2.17. The molecule has 7 rings (SSSR count). The van der Waals surface area contributed by atoms with Gasteiger partial charge in [0.15, 0.2) is 0 Å². The number of aromatic amines is 2. The fourth-order valence-corrected chi connectivity index (χ4v) is 5.66. The Kier molecular flexibility index (Phi) is 6.48. The third-order valence-corrected chi connectivity index (χ3v) is 7.70. The lowest BCUT2D eigenvalue weighted by Gasteiger charge is -2.23. The van der Waals surface area contributed by atoms with Crippen LogP contribution in [-0.4, -0.2) is 43.2 Å². The molecule has 1 aliphatic rings. The van der Waals surface area contributed by atoms with Crippen LogP contribution in [-0.2, 0) is 0 Å². The lowest BCUT2D eigenvalue weighted by molar-refractivity contribution is 0.373. The number of anilines is 1. The van der Waals surface area contributed by atoms with E-state index in [0.29, 0.717) is 11.6 Å². The molecule has 6 heterocycles. The van der Waals surface area contributed by atoms with Gasteiger partial charge in [0.1, 0.15) is 11.5 Å². The number of hydrogen-bond donors (Lipinski definition) is 4. The Balaban J connectivity index is 1.19.